The number of halogens is 1. The van der Waals surface area contributed by atoms with Gasteiger partial charge in [-0.25, -0.2) is 0 Å². The molecule has 0 unspecified atom stereocenters. The van der Waals surface area contributed by atoms with Gasteiger partial charge in [0.15, 0.2) is 0 Å². The number of hydrogen-bond donors (Lipinski definition) is 1. The van der Waals surface area contributed by atoms with E-state index in [-0.39, 0.29) is 11.0 Å². The van der Waals surface area contributed by atoms with Crippen molar-refractivity contribution in [2.24, 2.45) is 0 Å². The summed E-state index contributed by atoms with van der Waals surface area (Å²) in [6.45, 7) is 7.56. The number of ether oxygens (including phenoxy) is 1. The van der Waals surface area contributed by atoms with Crippen LogP contribution < -0.4 is 10.1 Å². The fourth-order valence-electron chi connectivity index (χ4n) is 2.22. The van der Waals surface area contributed by atoms with Crippen molar-refractivity contribution in [2.75, 3.05) is 13.7 Å². The van der Waals surface area contributed by atoms with E-state index in [1.807, 2.05) is 12.1 Å². The first-order chi connectivity index (χ1) is 8.36. The normalized spacial score (nSPS) is 17.6. The lowest BCUT2D eigenvalue weighted by molar-refractivity contribution is 0.380. The summed E-state index contributed by atoms with van der Waals surface area (Å²) in [6, 6.07) is 5.91. The first-order valence-corrected chi connectivity index (χ1v) is 6.83. The summed E-state index contributed by atoms with van der Waals surface area (Å²) >= 11 is 6.12. The van der Waals surface area contributed by atoms with Crippen LogP contribution in [0.2, 0.25) is 5.02 Å². The molecule has 1 aromatic rings. The van der Waals surface area contributed by atoms with Crippen molar-refractivity contribution < 1.29 is 4.74 Å². The Labute approximate surface area is 115 Å². The van der Waals surface area contributed by atoms with Gasteiger partial charge in [0.2, 0.25) is 0 Å². The van der Waals surface area contributed by atoms with Gasteiger partial charge in [-0.3, -0.25) is 0 Å². The molecule has 1 aliphatic carbocycles. The topological polar surface area (TPSA) is 21.3 Å². The SMILES string of the molecule is COc1ccc(Cl)cc1C1(CNC(C)(C)C)CC1. The lowest BCUT2D eigenvalue weighted by atomic mass is 9.93. The van der Waals surface area contributed by atoms with E-state index in [2.05, 4.69) is 32.2 Å². The third-order valence-electron chi connectivity index (χ3n) is 3.54. The number of benzene rings is 1. The van der Waals surface area contributed by atoms with Crippen molar-refractivity contribution in [3.05, 3.63) is 28.8 Å². The van der Waals surface area contributed by atoms with Crippen LogP contribution >= 0.6 is 11.6 Å². The smallest absolute Gasteiger partial charge is 0.122 e. The minimum Gasteiger partial charge on any atom is -0.496 e. The van der Waals surface area contributed by atoms with Gasteiger partial charge in [-0.1, -0.05) is 11.6 Å². The zero-order valence-electron chi connectivity index (χ0n) is 11.6. The zero-order valence-corrected chi connectivity index (χ0v) is 12.4. The maximum Gasteiger partial charge on any atom is 0.122 e. The van der Waals surface area contributed by atoms with E-state index in [0.717, 1.165) is 17.3 Å². The molecule has 3 heteroatoms. The molecule has 1 aromatic carbocycles. The van der Waals surface area contributed by atoms with Crippen molar-refractivity contribution in [3.8, 4) is 5.75 Å². The van der Waals surface area contributed by atoms with Crippen LogP contribution in [0.25, 0.3) is 0 Å². The molecule has 0 atom stereocenters. The maximum absolute atomic E-state index is 6.12. The van der Waals surface area contributed by atoms with E-state index in [4.69, 9.17) is 16.3 Å². The van der Waals surface area contributed by atoms with E-state index in [1.165, 1.54) is 18.4 Å². The van der Waals surface area contributed by atoms with Crippen molar-refractivity contribution in [1.82, 2.24) is 5.32 Å². The van der Waals surface area contributed by atoms with Gasteiger partial charge in [-0.05, 0) is 51.8 Å². The molecule has 1 fully saturated rings. The molecule has 0 heterocycles. The lowest BCUT2D eigenvalue weighted by Gasteiger charge is -2.26. The third-order valence-corrected chi connectivity index (χ3v) is 3.78. The summed E-state index contributed by atoms with van der Waals surface area (Å²) in [5, 5.41) is 4.38. The van der Waals surface area contributed by atoms with Crippen molar-refractivity contribution in [1.29, 1.82) is 0 Å². The summed E-state index contributed by atoms with van der Waals surface area (Å²) in [6.07, 6.45) is 2.40. The molecule has 0 spiro atoms. The molecule has 0 aliphatic heterocycles. The van der Waals surface area contributed by atoms with Crippen molar-refractivity contribution in [3.63, 3.8) is 0 Å². The fraction of sp³-hybridized carbons (Fsp3) is 0.600. The summed E-state index contributed by atoms with van der Waals surface area (Å²) in [4.78, 5) is 0. The summed E-state index contributed by atoms with van der Waals surface area (Å²) < 4.78 is 5.47. The fourth-order valence-corrected chi connectivity index (χ4v) is 2.39. The minimum atomic E-state index is 0.140. The predicted molar refractivity (Wildman–Crippen MR) is 76.7 cm³/mol. The first-order valence-electron chi connectivity index (χ1n) is 6.45. The second kappa shape index (κ2) is 4.75. The Hall–Kier alpha value is -0.730. The minimum absolute atomic E-state index is 0.140. The largest absolute Gasteiger partial charge is 0.496 e. The molecule has 2 nitrogen and oxygen atoms in total. The summed E-state index contributed by atoms with van der Waals surface area (Å²) in [5.74, 6) is 0.951. The molecule has 2 rings (SSSR count). The lowest BCUT2D eigenvalue weighted by Crippen LogP contribution is -2.41. The van der Waals surface area contributed by atoms with Gasteiger partial charge in [0, 0.05) is 28.1 Å². The van der Waals surface area contributed by atoms with Crippen LogP contribution in [0.5, 0.6) is 5.75 Å². The molecule has 0 amide bonds. The number of methoxy groups -OCH3 is 1. The van der Waals surface area contributed by atoms with Gasteiger partial charge in [-0.2, -0.15) is 0 Å². The van der Waals surface area contributed by atoms with Gasteiger partial charge < -0.3 is 10.1 Å². The zero-order chi connectivity index (χ0) is 13.4. The first kappa shape index (κ1) is 13.7. The van der Waals surface area contributed by atoms with Crippen LogP contribution in [-0.4, -0.2) is 19.2 Å². The number of hydrogen-bond acceptors (Lipinski definition) is 2. The van der Waals surface area contributed by atoms with Crippen LogP contribution in [0.15, 0.2) is 18.2 Å². The second-order valence-electron chi connectivity index (χ2n) is 6.23. The molecule has 1 N–H and O–H groups in total. The molecule has 1 saturated carbocycles. The van der Waals surface area contributed by atoms with Gasteiger partial charge in [0.25, 0.3) is 0 Å². The Morgan fingerprint density at radius 1 is 1.33 bits per heavy atom. The number of rotatable bonds is 4. The molecule has 100 valence electrons. The number of nitrogens with one attached hydrogen (secondary N) is 1. The Morgan fingerprint density at radius 2 is 2.00 bits per heavy atom. The van der Waals surface area contributed by atoms with E-state index < -0.39 is 0 Å². The van der Waals surface area contributed by atoms with Crippen LogP contribution in [0.4, 0.5) is 0 Å². The highest BCUT2D eigenvalue weighted by Gasteiger charge is 2.46. The van der Waals surface area contributed by atoms with E-state index >= 15 is 0 Å². The van der Waals surface area contributed by atoms with E-state index in [9.17, 15) is 0 Å². The molecular weight excluding hydrogens is 246 g/mol. The molecule has 18 heavy (non-hydrogen) atoms. The van der Waals surface area contributed by atoms with Gasteiger partial charge in [0.05, 0.1) is 7.11 Å². The maximum atomic E-state index is 6.12. The average Bonchev–Trinajstić information content (AvgIpc) is 3.06. The Kier molecular flexibility index (Phi) is 3.61. The molecular formula is C15H22ClNO. The molecule has 1 aliphatic rings. The second-order valence-corrected chi connectivity index (χ2v) is 6.66. The van der Waals surface area contributed by atoms with Gasteiger partial charge in [-0.15, -0.1) is 0 Å². The summed E-state index contributed by atoms with van der Waals surface area (Å²) in [7, 11) is 1.72. The van der Waals surface area contributed by atoms with Crippen LogP contribution in [0.1, 0.15) is 39.2 Å². The predicted octanol–water partition coefficient (Wildman–Crippen LogP) is 3.77. The Balaban J connectivity index is 2.22. The monoisotopic (exact) mass is 267 g/mol. The van der Waals surface area contributed by atoms with E-state index in [1.54, 1.807) is 7.11 Å². The molecule has 0 radical (unpaired) electrons. The summed E-state index contributed by atoms with van der Waals surface area (Å²) in [5.41, 5.74) is 1.60. The van der Waals surface area contributed by atoms with Gasteiger partial charge >= 0.3 is 0 Å². The highest BCUT2D eigenvalue weighted by atomic mass is 35.5. The van der Waals surface area contributed by atoms with Crippen molar-refractivity contribution in [2.45, 2.75) is 44.6 Å². The molecule has 0 aromatic heterocycles. The van der Waals surface area contributed by atoms with Crippen LogP contribution in [0.3, 0.4) is 0 Å². The highest BCUT2D eigenvalue weighted by molar-refractivity contribution is 6.30. The Morgan fingerprint density at radius 3 is 2.50 bits per heavy atom. The van der Waals surface area contributed by atoms with Crippen molar-refractivity contribution >= 4 is 11.6 Å². The Bertz CT molecular complexity index is 433. The van der Waals surface area contributed by atoms with Gasteiger partial charge in [0.1, 0.15) is 5.75 Å². The molecule has 0 saturated heterocycles. The highest BCUT2D eigenvalue weighted by Crippen LogP contribution is 2.51. The van der Waals surface area contributed by atoms with Crippen LogP contribution in [-0.2, 0) is 5.41 Å². The third kappa shape index (κ3) is 2.99. The average molecular weight is 268 g/mol. The van der Waals surface area contributed by atoms with Crippen LogP contribution in [0, 0.1) is 0 Å². The standard InChI is InChI=1S/C15H22ClNO/c1-14(2,3)17-10-15(7-8-15)12-9-11(16)5-6-13(12)18-4/h5-6,9,17H,7-8,10H2,1-4H3. The molecule has 0 bridgehead atoms. The quantitative estimate of drug-likeness (QED) is 0.897. The van der Waals surface area contributed by atoms with E-state index in [0.29, 0.717) is 0 Å².